The van der Waals surface area contributed by atoms with E-state index < -0.39 is 113 Å². The van der Waals surface area contributed by atoms with Gasteiger partial charge < -0.3 is 30.3 Å². The van der Waals surface area contributed by atoms with Crippen LogP contribution in [0.25, 0.3) is 0 Å². The highest BCUT2D eigenvalue weighted by molar-refractivity contribution is 5.98. The summed E-state index contributed by atoms with van der Waals surface area (Å²) in [5.41, 5.74) is -1.28. The average molecular weight is 614 g/mol. The molecule has 1 aliphatic rings. The summed E-state index contributed by atoms with van der Waals surface area (Å²) in [6, 6.07) is -0.606. The quantitative estimate of drug-likeness (QED) is 0.165. The Morgan fingerprint density at radius 1 is 1.09 bits per heavy atom. The Hall–Kier alpha value is -4.27. The predicted octanol–water partition coefficient (Wildman–Crippen LogP) is 2.07. The highest BCUT2D eigenvalue weighted by Gasteiger charge is 2.41. The summed E-state index contributed by atoms with van der Waals surface area (Å²) in [5.74, 6) is -14.8. The lowest BCUT2D eigenvalue weighted by Gasteiger charge is -2.34. The molecule has 43 heavy (non-hydrogen) atoms. The van der Waals surface area contributed by atoms with Gasteiger partial charge in [-0.25, -0.2) is 27.3 Å². The van der Waals surface area contributed by atoms with E-state index in [4.69, 9.17) is 9.47 Å². The second-order valence-electron chi connectivity index (χ2n) is 10.3. The van der Waals surface area contributed by atoms with Crippen LogP contribution < -0.4 is 10.6 Å². The molecule has 7 atom stereocenters. The largest absolute Gasteiger partial charge is 0.505 e. The summed E-state index contributed by atoms with van der Waals surface area (Å²) in [4.78, 5) is 56.3. The SMILES string of the molecule is CCC(C)C1OC(=O)[C@H](C)[C@H](O)[C@H](Cc2cc(F)c(F)c(F)c2F)NC(=O)[C@@H](NC(=O)c2ncccc2O)[C@@H](C)OC1=O. The van der Waals surface area contributed by atoms with Crippen LogP contribution in [-0.4, -0.2) is 69.3 Å². The van der Waals surface area contributed by atoms with Gasteiger partial charge >= 0.3 is 11.9 Å². The number of hydrogen-bond donors (Lipinski definition) is 4. The molecule has 3 rings (SSSR count). The Kier molecular flexibility index (Phi) is 10.7. The highest BCUT2D eigenvalue weighted by atomic mass is 19.2. The van der Waals surface area contributed by atoms with Gasteiger partial charge in [-0.1, -0.05) is 13.8 Å². The second-order valence-corrected chi connectivity index (χ2v) is 10.3. The molecular weight excluding hydrogens is 582 g/mol. The van der Waals surface area contributed by atoms with Gasteiger partial charge in [0.25, 0.3) is 5.91 Å². The molecule has 1 fully saturated rings. The minimum Gasteiger partial charge on any atom is -0.505 e. The van der Waals surface area contributed by atoms with Gasteiger partial charge in [0.2, 0.25) is 12.0 Å². The smallest absolute Gasteiger partial charge is 0.348 e. The molecule has 15 heteroatoms. The lowest BCUT2D eigenvalue weighted by Crippen LogP contribution is -2.59. The number of aliphatic hydroxyl groups excluding tert-OH is 1. The number of carbonyl (C=O) groups is 4. The molecule has 0 aliphatic carbocycles. The third-order valence-electron chi connectivity index (χ3n) is 7.22. The van der Waals surface area contributed by atoms with Crippen molar-refractivity contribution in [2.75, 3.05) is 0 Å². The summed E-state index contributed by atoms with van der Waals surface area (Å²) in [5, 5.41) is 25.7. The van der Waals surface area contributed by atoms with Gasteiger partial charge in [-0.3, -0.25) is 14.4 Å². The number of hydrogen-bond acceptors (Lipinski definition) is 9. The van der Waals surface area contributed by atoms with Crippen molar-refractivity contribution in [3.63, 3.8) is 0 Å². The Balaban J connectivity index is 2.08. The second kappa shape index (κ2) is 13.8. The van der Waals surface area contributed by atoms with Crippen LogP contribution in [0.15, 0.2) is 24.4 Å². The van der Waals surface area contributed by atoms with Gasteiger partial charge in [0.05, 0.1) is 18.1 Å². The van der Waals surface area contributed by atoms with Crippen LogP contribution in [-0.2, 0) is 30.3 Å². The number of aromatic nitrogens is 1. The van der Waals surface area contributed by atoms with Gasteiger partial charge in [0.15, 0.2) is 29.0 Å². The zero-order chi connectivity index (χ0) is 32.2. The molecular formula is C28H31F4N3O8. The van der Waals surface area contributed by atoms with Crippen molar-refractivity contribution in [1.29, 1.82) is 0 Å². The van der Waals surface area contributed by atoms with E-state index in [-0.39, 0.29) is 0 Å². The van der Waals surface area contributed by atoms with E-state index in [2.05, 4.69) is 15.6 Å². The Morgan fingerprint density at radius 3 is 2.40 bits per heavy atom. The molecule has 2 heterocycles. The standard InChI is InChI=1S/C28H31F4N3O8/c1-5-11(2)24-28(41)42-13(4)21(35-26(39)22-17(36)7-6-8-33-22)25(38)34-16(23(37)12(3)27(40)43-24)10-14-9-15(29)19(31)20(32)18(14)30/h6-9,11-13,16,21,23-24,36-37H,5,10H2,1-4H3,(H,34,38)(H,35,39)/t11?,12-,13-,16+,21+,23+,24?/m1/s1. The van der Waals surface area contributed by atoms with Crippen molar-refractivity contribution in [2.24, 2.45) is 11.8 Å². The third kappa shape index (κ3) is 7.39. The number of cyclic esters (lactones) is 2. The van der Waals surface area contributed by atoms with Crippen molar-refractivity contribution in [3.8, 4) is 5.75 Å². The average Bonchev–Trinajstić information content (AvgIpc) is 2.97. The van der Waals surface area contributed by atoms with Crippen molar-refractivity contribution in [3.05, 3.63) is 58.9 Å². The number of aliphatic hydroxyl groups is 1. The molecule has 1 aliphatic heterocycles. The molecule has 4 N–H and O–H groups in total. The van der Waals surface area contributed by atoms with E-state index in [0.717, 1.165) is 6.07 Å². The van der Waals surface area contributed by atoms with E-state index in [1.807, 2.05) is 0 Å². The summed E-state index contributed by atoms with van der Waals surface area (Å²) in [7, 11) is 0. The van der Waals surface area contributed by atoms with Crippen LogP contribution in [0.5, 0.6) is 5.75 Å². The number of rotatable bonds is 6. The van der Waals surface area contributed by atoms with E-state index in [9.17, 15) is 47.0 Å². The van der Waals surface area contributed by atoms with Crippen LogP contribution in [0.3, 0.4) is 0 Å². The maximum Gasteiger partial charge on any atom is 0.348 e. The van der Waals surface area contributed by atoms with Crippen molar-refractivity contribution < 1.29 is 56.4 Å². The summed E-state index contributed by atoms with van der Waals surface area (Å²) in [6.45, 7) is 5.67. The molecule has 1 aromatic heterocycles. The maximum atomic E-state index is 14.6. The minimum atomic E-state index is -2.13. The fraction of sp³-hybridized carbons (Fsp3) is 0.464. The van der Waals surface area contributed by atoms with Crippen LogP contribution >= 0.6 is 0 Å². The molecule has 2 amide bonds. The maximum absolute atomic E-state index is 14.6. The fourth-order valence-corrected chi connectivity index (χ4v) is 4.36. The third-order valence-corrected chi connectivity index (χ3v) is 7.22. The van der Waals surface area contributed by atoms with Crippen molar-refractivity contribution >= 4 is 23.8 Å². The Morgan fingerprint density at radius 2 is 1.77 bits per heavy atom. The first-order valence-corrected chi connectivity index (χ1v) is 13.3. The highest BCUT2D eigenvalue weighted by Crippen LogP contribution is 2.24. The van der Waals surface area contributed by atoms with E-state index in [1.54, 1.807) is 13.8 Å². The molecule has 0 saturated carbocycles. The lowest BCUT2D eigenvalue weighted by molar-refractivity contribution is -0.180. The van der Waals surface area contributed by atoms with Gasteiger partial charge in [0.1, 0.15) is 17.9 Å². The topological polar surface area (TPSA) is 164 Å². The molecule has 234 valence electrons. The number of halogens is 4. The number of ether oxygens (including phenoxy) is 2. The summed E-state index contributed by atoms with van der Waals surface area (Å²) < 4.78 is 66.9. The molecule has 1 saturated heterocycles. The number of nitrogens with zero attached hydrogens (tertiary/aromatic N) is 1. The first-order valence-electron chi connectivity index (χ1n) is 13.3. The van der Waals surface area contributed by atoms with Gasteiger partial charge in [-0.2, -0.15) is 0 Å². The molecule has 1 aromatic carbocycles. The Labute approximate surface area is 243 Å². The molecule has 0 bridgehead atoms. The Bertz CT molecular complexity index is 1390. The summed E-state index contributed by atoms with van der Waals surface area (Å²) in [6.07, 6.45) is -4.21. The number of amides is 2. The van der Waals surface area contributed by atoms with Crippen LogP contribution in [0.2, 0.25) is 0 Å². The van der Waals surface area contributed by atoms with Crippen molar-refractivity contribution in [1.82, 2.24) is 15.6 Å². The van der Waals surface area contributed by atoms with E-state index >= 15 is 0 Å². The van der Waals surface area contributed by atoms with Crippen molar-refractivity contribution in [2.45, 2.75) is 70.9 Å². The molecule has 0 radical (unpaired) electrons. The molecule has 2 aromatic rings. The number of aromatic hydroxyl groups is 1. The zero-order valence-electron chi connectivity index (χ0n) is 23.6. The normalized spacial score (nSPS) is 25.8. The predicted molar refractivity (Wildman–Crippen MR) is 139 cm³/mol. The number of carbonyl (C=O) groups excluding carboxylic acids is 4. The summed E-state index contributed by atoms with van der Waals surface area (Å²) >= 11 is 0. The number of benzene rings is 1. The minimum absolute atomic E-state index is 0.332. The zero-order valence-corrected chi connectivity index (χ0v) is 23.6. The number of esters is 2. The number of pyridine rings is 1. The first-order chi connectivity index (χ1) is 20.2. The lowest BCUT2D eigenvalue weighted by atomic mass is 9.91. The molecule has 11 nitrogen and oxygen atoms in total. The van der Waals surface area contributed by atoms with Crippen LogP contribution in [0, 0.1) is 35.1 Å². The van der Waals surface area contributed by atoms with E-state index in [0.29, 0.717) is 12.5 Å². The van der Waals surface area contributed by atoms with Gasteiger partial charge in [-0.05, 0) is 50.5 Å². The van der Waals surface area contributed by atoms with E-state index in [1.165, 1.54) is 26.1 Å². The molecule has 0 spiro atoms. The van der Waals surface area contributed by atoms with Crippen LogP contribution in [0.1, 0.15) is 50.2 Å². The molecule has 2 unspecified atom stereocenters. The van der Waals surface area contributed by atoms with Gasteiger partial charge in [0, 0.05) is 12.1 Å². The monoisotopic (exact) mass is 613 g/mol. The fourth-order valence-electron chi connectivity index (χ4n) is 4.36. The number of nitrogens with one attached hydrogen (secondary N) is 2. The van der Waals surface area contributed by atoms with Gasteiger partial charge in [-0.15, -0.1) is 0 Å². The first kappa shape index (κ1) is 33.2. The van der Waals surface area contributed by atoms with Crippen LogP contribution in [0.4, 0.5) is 17.6 Å².